The van der Waals surface area contributed by atoms with E-state index in [0.717, 1.165) is 18.8 Å². The Balaban J connectivity index is 0.00000151. The molecule has 12 nitrogen and oxygen atoms in total. The molecule has 6 aromatic rings. The first-order valence-electron chi connectivity index (χ1n) is 13.5. The van der Waals surface area contributed by atoms with E-state index in [9.17, 15) is 13.2 Å². The first kappa shape index (κ1) is 33.8. The Morgan fingerprint density at radius 1 is 0.911 bits per heavy atom. The number of benzene rings is 3. The normalized spacial score (nSPS) is 10.9. The summed E-state index contributed by atoms with van der Waals surface area (Å²) in [6, 6.07) is 20.0. The number of hydrogen-bond donors (Lipinski definition) is 1. The van der Waals surface area contributed by atoms with Gasteiger partial charge in [-0.3, -0.25) is 4.98 Å². The standard InChI is InChI=1S/C29H23N6O6S.CH3B.Y/c1-3-35(4-2)19-11-10-18-14-22(27(36)41-25(18)15-19)26-32-23-16-21(12-13-24(23)40-26)42(37,38)34-28-30-17-31-29(33-28)39-20-8-6-5-7-9-20;1-2;/h5-16H,3-4H2,1-2H3,(H,30,31,33,34);1H3;/q-1;;. The number of fused-ring (bicyclic) bond motifs is 2. The van der Waals surface area contributed by atoms with Crippen molar-refractivity contribution in [1.82, 2.24) is 19.9 Å². The van der Waals surface area contributed by atoms with Crippen LogP contribution in [0.1, 0.15) is 13.8 Å². The molecule has 3 radical (unpaired) electrons. The van der Waals surface area contributed by atoms with Crippen molar-refractivity contribution >= 4 is 51.6 Å². The van der Waals surface area contributed by atoms with Gasteiger partial charge in [0.1, 0.15) is 28.4 Å². The van der Waals surface area contributed by atoms with E-state index in [1.165, 1.54) is 25.0 Å². The predicted molar refractivity (Wildman–Crippen MR) is 167 cm³/mol. The third kappa shape index (κ3) is 7.58. The fourth-order valence-electron chi connectivity index (χ4n) is 4.34. The molecule has 0 bridgehead atoms. The van der Waals surface area contributed by atoms with Crippen LogP contribution in [0.4, 0.5) is 11.6 Å². The van der Waals surface area contributed by atoms with E-state index in [0.29, 0.717) is 16.7 Å². The summed E-state index contributed by atoms with van der Waals surface area (Å²) in [5.74, 6) is 0.184. The van der Waals surface area contributed by atoms with Gasteiger partial charge in [-0.1, -0.05) is 25.0 Å². The summed E-state index contributed by atoms with van der Waals surface area (Å²) in [4.78, 5) is 30.8. The number of rotatable bonds is 9. The molecule has 15 heteroatoms. The van der Waals surface area contributed by atoms with Gasteiger partial charge < -0.3 is 33.2 Å². The molecule has 0 aliphatic carbocycles. The van der Waals surface area contributed by atoms with Crippen LogP contribution in [-0.2, 0) is 42.7 Å². The zero-order valence-corrected chi connectivity index (χ0v) is 28.2. The third-order valence-electron chi connectivity index (χ3n) is 6.43. The van der Waals surface area contributed by atoms with E-state index in [4.69, 9.17) is 13.6 Å². The molecule has 0 saturated carbocycles. The molecule has 0 atom stereocenters. The van der Waals surface area contributed by atoms with Crippen molar-refractivity contribution in [3.05, 3.63) is 89.5 Å². The molecule has 0 saturated heterocycles. The fraction of sp³-hybridized carbons (Fsp3) is 0.167. The minimum absolute atomic E-state index is 0. The van der Waals surface area contributed by atoms with Gasteiger partial charge in [0.25, 0.3) is 10.0 Å². The average Bonchev–Trinajstić information content (AvgIpc) is 3.46. The van der Waals surface area contributed by atoms with Crippen LogP contribution in [0.2, 0.25) is 6.82 Å². The molecule has 3 aromatic carbocycles. The number of oxazole rings is 1. The number of ether oxygens (including phenoxy) is 1. The minimum atomic E-state index is -4.15. The molecule has 6 rings (SSSR count). The van der Waals surface area contributed by atoms with Crippen LogP contribution in [0.15, 0.2) is 91.3 Å². The number of aromatic nitrogens is 4. The van der Waals surface area contributed by atoms with Crippen LogP contribution in [0.25, 0.3) is 33.5 Å². The Hall–Kier alpha value is -4.13. The minimum Gasteiger partial charge on any atom is -0.483 e. The van der Waals surface area contributed by atoms with Crippen LogP contribution in [-0.4, -0.2) is 49.3 Å². The zero-order chi connectivity index (χ0) is 31.3. The second-order valence-corrected chi connectivity index (χ2v) is 10.7. The quantitative estimate of drug-likeness (QED) is 0.120. The van der Waals surface area contributed by atoms with Crippen molar-refractivity contribution in [2.45, 2.75) is 25.6 Å². The summed E-state index contributed by atoms with van der Waals surface area (Å²) >= 11 is 0. The molecular formula is C30H26BN6O6SY-. The maximum absolute atomic E-state index is 13.1. The fourth-order valence-corrected chi connectivity index (χ4v) is 5.31. The molecule has 225 valence electrons. The van der Waals surface area contributed by atoms with E-state index in [-0.39, 0.29) is 72.1 Å². The van der Waals surface area contributed by atoms with Crippen molar-refractivity contribution in [3.8, 4) is 23.2 Å². The molecule has 0 amide bonds. The molecule has 0 unspecified atom stereocenters. The summed E-state index contributed by atoms with van der Waals surface area (Å²) in [5, 5.41) is 0.694. The maximum atomic E-state index is 13.1. The zero-order valence-electron chi connectivity index (χ0n) is 24.6. The average molecular weight is 698 g/mol. The van der Waals surface area contributed by atoms with Gasteiger partial charge in [0.05, 0.1) is 12.7 Å². The molecule has 1 N–H and O–H groups in total. The topological polar surface area (TPSA) is 154 Å². The van der Waals surface area contributed by atoms with E-state index in [1.807, 2.05) is 24.3 Å². The Kier molecular flexibility index (Phi) is 11.1. The number of nitrogens with zero attached hydrogens (tertiary/aromatic N) is 5. The molecule has 0 spiro atoms. The summed E-state index contributed by atoms with van der Waals surface area (Å²) in [6.07, 6.45) is 2.32. The van der Waals surface area contributed by atoms with Gasteiger partial charge in [-0.05, 0) is 62.4 Å². The number of nitrogens with one attached hydrogen (secondary N) is 1. The van der Waals surface area contributed by atoms with Gasteiger partial charge in [-0.2, -0.15) is 0 Å². The van der Waals surface area contributed by atoms with E-state index < -0.39 is 15.6 Å². The number of sulfonamides is 1. The summed E-state index contributed by atoms with van der Waals surface area (Å²) in [6.45, 7) is 7.24. The third-order valence-corrected chi connectivity index (χ3v) is 7.75. The molecule has 0 aliphatic rings. The van der Waals surface area contributed by atoms with Gasteiger partial charge in [-0.15, -0.1) is 0 Å². The largest absolute Gasteiger partial charge is 0.483 e. The molecule has 0 aliphatic heterocycles. The van der Waals surface area contributed by atoms with Gasteiger partial charge >= 0.3 is 5.63 Å². The van der Waals surface area contributed by atoms with Crippen molar-refractivity contribution in [1.29, 1.82) is 0 Å². The van der Waals surface area contributed by atoms with Crippen LogP contribution >= 0.6 is 0 Å². The van der Waals surface area contributed by atoms with Gasteiger partial charge in [0.15, 0.2) is 5.58 Å². The van der Waals surface area contributed by atoms with E-state index >= 15 is 0 Å². The molecular weight excluding hydrogens is 672 g/mol. The molecule has 45 heavy (non-hydrogen) atoms. The van der Waals surface area contributed by atoms with Crippen LogP contribution in [0, 0.1) is 6.33 Å². The van der Waals surface area contributed by atoms with E-state index in [1.54, 1.807) is 30.3 Å². The van der Waals surface area contributed by atoms with Gasteiger partial charge in [-0.25, -0.2) is 18.2 Å². The Morgan fingerprint density at radius 3 is 2.40 bits per heavy atom. The van der Waals surface area contributed by atoms with Crippen LogP contribution < -0.4 is 20.0 Å². The summed E-state index contributed by atoms with van der Waals surface area (Å²) in [5.41, 5.74) is 1.38. The summed E-state index contributed by atoms with van der Waals surface area (Å²) < 4.78 is 45.4. The van der Waals surface area contributed by atoms with Crippen molar-refractivity contribution in [2.24, 2.45) is 0 Å². The van der Waals surface area contributed by atoms with Crippen molar-refractivity contribution in [2.75, 3.05) is 22.7 Å². The number of anilines is 2. The van der Waals surface area contributed by atoms with Crippen LogP contribution in [0.3, 0.4) is 0 Å². The van der Waals surface area contributed by atoms with Crippen LogP contribution in [0.5, 0.6) is 11.8 Å². The Bertz CT molecular complexity index is 2090. The predicted octanol–water partition coefficient (Wildman–Crippen LogP) is 5.23. The van der Waals surface area contributed by atoms with Crippen molar-refractivity contribution in [3.63, 3.8) is 0 Å². The first-order valence-corrected chi connectivity index (χ1v) is 15.0. The van der Waals surface area contributed by atoms with Crippen molar-refractivity contribution < 1.29 is 54.7 Å². The Labute approximate surface area is 285 Å². The monoisotopic (exact) mass is 698 g/mol. The second kappa shape index (κ2) is 14.8. The molecule has 3 heterocycles. The number of para-hydroxylation sites is 1. The van der Waals surface area contributed by atoms with Gasteiger partial charge in [0.2, 0.25) is 11.9 Å². The SMILES string of the molecule is CCN(CC)c1ccc2cc(-c3nc4cc(S(=O)(=O)Nc5n[c-]nc(Oc6ccccc6)n5)ccc4o3)c(=O)oc2c1.[B]C.[Y]. The summed E-state index contributed by atoms with van der Waals surface area (Å²) in [7, 11) is 0.353. The smallest absolute Gasteiger partial charge is 0.349 e. The Morgan fingerprint density at radius 2 is 1.67 bits per heavy atom. The second-order valence-electron chi connectivity index (χ2n) is 9.05. The first-order chi connectivity index (χ1) is 21.3. The molecule has 0 fully saturated rings. The molecule has 3 aromatic heterocycles. The van der Waals surface area contributed by atoms with E-state index in [2.05, 4.69) is 57.6 Å². The van der Waals surface area contributed by atoms with Gasteiger partial charge in [0, 0.05) is 69.3 Å². The number of hydrogen-bond acceptors (Lipinski definition) is 11. The maximum Gasteiger partial charge on any atom is 0.349 e.